The third-order valence-corrected chi connectivity index (χ3v) is 4.97. The highest BCUT2D eigenvalue weighted by molar-refractivity contribution is 8.18. The second kappa shape index (κ2) is 8.72. The molecule has 0 radical (unpaired) electrons. The number of hydrogen-bond donors (Lipinski definition) is 0. The molecule has 1 amide bonds. The monoisotopic (exact) mass is 366 g/mol. The van der Waals surface area contributed by atoms with E-state index in [4.69, 9.17) is 4.74 Å². The van der Waals surface area contributed by atoms with Gasteiger partial charge in [0.1, 0.15) is 5.75 Å². The van der Waals surface area contributed by atoms with Crippen molar-refractivity contribution in [3.05, 3.63) is 65.1 Å². The van der Waals surface area contributed by atoms with E-state index in [9.17, 15) is 4.79 Å². The molecule has 1 aliphatic heterocycles. The first-order chi connectivity index (χ1) is 12.7. The topological polar surface area (TPSA) is 41.9 Å². The molecule has 0 saturated carbocycles. The fourth-order valence-electron chi connectivity index (χ4n) is 2.44. The minimum absolute atomic E-state index is 0.0398. The zero-order chi connectivity index (χ0) is 18.4. The number of ether oxygens (including phenoxy) is 1. The predicted octanol–water partition coefficient (Wildman–Crippen LogP) is 5.10. The Hall–Kier alpha value is -2.53. The van der Waals surface area contributed by atoms with Crippen LogP contribution >= 0.6 is 11.8 Å². The Morgan fingerprint density at radius 3 is 2.73 bits per heavy atom. The summed E-state index contributed by atoms with van der Waals surface area (Å²) in [5, 5.41) is 0.683. The number of para-hydroxylation sites is 1. The van der Waals surface area contributed by atoms with Crippen LogP contribution in [0.25, 0.3) is 6.08 Å². The molecule has 4 nitrogen and oxygen atoms in total. The van der Waals surface area contributed by atoms with E-state index in [0.717, 1.165) is 29.8 Å². The van der Waals surface area contributed by atoms with E-state index in [-0.39, 0.29) is 5.91 Å². The Balaban J connectivity index is 1.78. The highest BCUT2D eigenvalue weighted by Gasteiger charge is 2.30. The van der Waals surface area contributed by atoms with Crippen molar-refractivity contribution in [2.75, 3.05) is 13.7 Å². The van der Waals surface area contributed by atoms with Crippen molar-refractivity contribution < 1.29 is 9.53 Å². The Kier molecular flexibility index (Phi) is 6.12. The van der Waals surface area contributed by atoms with E-state index in [0.29, 0.717) is 16.7 Å². The van der Waals surface area contributed by atoms with E-state index in [1.165, 1.54) is 11.8 Å². The fraction of sp³-hybridized carbons (Fsp3) is 0.238. The summed E-state index contributed by atoms with van der Waals surface area (Å²) in [6.45, 7) is 2.85. The molecule has 2 aromatic carbocycles. The number of hydrogen-bond acceptors (Lipinski definition) is 4. The van der Waals surface area contributed by atoms with Crippen LogP contribution in [-0.2, 0) is 4.79 Å². The molecule has 1 fully saturated rings. The fourth-order valence-corrected chi connectivity index (χ4v) is 3.43. The van der Waals surface area contributed by atoms with E-state index in [1.807, 2.05) is 60.7 Å². The van der Waals surface area contributed by atoms with Gasteiger partial charge in [-0.3, -0.25) is 9.69 Å². The highest BCUT2D eigenvalue weighted by Crippen LogP contribution is 2.33. The molecule has 5 heteroatoms. The molecular weight excluding hydrogens is 344 g/mol. The van der Waals surface area contributed by atoms with Crippen LogP contribution in [0, 0.1) is 0 Å². The summed E-state index contributed by atoms with van der Waals surface area (Å²) in [6.07, 6.45) is 4.03. The molecule has 1 saturated heterocycles. The molecule has 0 aromatic heterocycles. The van der Waals surface area contributed by atoms with Crippen LogP contribution in [0.5, 0.6) is 5.75 Å². The van der Waals surface area contributed by atoms with Gasteiger partial charge < -0.3 is 4.74 Å². The van der Waals surface area contributed by atoms with E-state index in [1.54, 1.807) is 11.9 Å². The van der Waals surface area contributed by atoms with Crippen molar-refractivity contribution in [2.24, 2.45) is 4.99 Å². The maximum absolute atomic E-state index is 12.5. The first kappa shape index (κ1) is 18.3. The smallest absolute Gasteiger partial charge is 0.266 e. The summed E-state index contributed by atoms with van der Waals surface area (Å²) in [7, 11) is 1.75. The Bertz CT molecular complexity index is 831. The standard InChI is InChI=1S/C21H22N2O2S/c1-3-4-13-25-18-12-8-9-16(14-18)15-19-20(24)23(2)21(26-19)22-17-10-6-5-7-11-17/h5-12,14-15H,3-4,13H2,1-2H3/b19-15+,22-21?. The minimum atomic E-state index is -0.0398. The SMILES string of the molecule is CCCCOc1cccc(/C=C2/SC(=Nc3ccccc3)N(C)C2=O)c1. The normalized spacial score (nSPS) is 17.3. The van der Waals surface area contributed by atoms with Gasteiger partial charge in [-0.25, -0.2) is 4.99 Å². The van der Waals surface area contributed by atoms with Gasteiger partial charge in [-0.2, -0.15) is 0 Å². The summed E-state index contributed by atoms with van der Waals surface area (Å²) < 4.78 is 5.74. The van der Waals surface area contributed by atoms with Gasteiger partial charge in [-0.15, -0.1) is 0 Å². The van der Waals surface area contributed by atoms with Crippen LogP contribution in [0.1, 0.15) is 25.3 Å². The van der Waals surface area contributed by atoms with Crippen LogP contribution < -0.4 is 4.74 Å². The zero-order valence-corrected chi connectivity index (χ0v) is 15.8. The highest BCUT2D eigenvalue weighted by atomic mass is 32.2. The van der Waals surface area contributed by atoms with Gasteiger partial charge in [0, 0.05) is 7.05 Å². The second-order valence-corrected chi connectivity index (χ2v) is 6.99. The van der Waals surface area contributed by atoms with Gasteiger partial charge in [0.05, 0.1) is 17.2 Å². The van der Waals surface area contributed by atoms with Gasteiger partial charge in [0.25, 0.3) is 5.91 Å². The van der Waals surface area contributed by atoms with Crippen LogP contribution in [-0.4, -0.2) is 29.6 Å². The number of unbranched alkanes of at least 4 members (excludes halogenated alkanes) is 1. The lowest BCUT2D eigenvalue weighted by atomic mass is 10.2. The van der Waals surface area contributed by atoms with Crippen molar-refractivity contribution in [1.29, 1.82) is 0 Å². The van der Waals surface area contributed by atoms with E-state index >= 15 is 0 Å². The summed E-state index contributed by atoms with van der Waals surface area (Å²) in [5.41, 5.74) is 1.78. The third kappa shape index (κ3) is 4.55. The molecule has 3 rings (SSSR count). The number of amides is 1. The lowest BCUT2D eigenvalue weighted by Crippen LogP contribution is -2.23. The molecule has 0 unspecified atom stereocenters. The molecule has 2 aromatic rings. The van der Waals surface area contributed by atoms with Gasteiger partial charge in [-0.1, -0.05) is 43.7 Å². The van der Waals surface area contributed by atoms with Gasteiger partial charge in [-0.05, 0) is 54.1 Å². The number of aliphatic imine (C=N–C) groups is 1. The summed E-state index contributed by atoms with van der Waals surface area (Å²) in [6, 6.07) is 17.5. The number of benzene rings is 2. The average Bonchev–Trinajstić information content (AvgIpc) is 2.91. The number of thioether (sulfide) groups is 1. The number of carbonyl (C=O) groups excluding carboxylic acids is 1. The Morgan fingerprint density at radius 2 is 1.96 bits per heavy atom. The van der Waals surface area contributed by atoms with Crippen molar-refractivity contribution in [3.63, 3.8) is 0 Å². The lowest BCUT2D eigenvalue weighted by molar-refractivity contribution is -0.121. The van der Waals surface area contributed by atoms with E-state index in [2.05, 4.69) is 11.9 Å². The molecule has 0 atom stereocenters. The number of carbonyl (C=O) groups is 1. The van der Waals surface area contributed by atoms with Crippen LogP contribution in [0.4, 0.5) is 5.69 Å². The first-order valence-corrected chi connectivity index (χ1v) is 9.53. The number of likely N-dealkylation sites (N-methyl/N-ethyl adjacent to an activating group) is 1. The molecule has 0 bridgehead atoms. The molecule has 1 aliphatic rings. The average molecular weight is 366 g/mol. The number of rotatable bonds is 6. The zero-order valence-electron chi connectivity index (χ0n) is 15.0. The van der Waals surface area contributed by atoms with Crippen molar-refractivity contribution in [1.82, 2.24) is 4.90 Å². The minimum Gasteiger partial charge on any atom is -0.494 e. The number of nitrogens with zero attached hydrogens (tertiary/aromatic N) is 2. The Labute approximate surface area is 158 Å². The Morgan fingerprint density at radius 1 is 1.15 bits per heavy atom. The van der Waals surface area contributed by atoms with Crippen molar-refractivity contribution in [2.45, 2.75) is 19.8 Å². The van der Waals surface area contributed by atoms with Gasteiger partial charge in [0.2, 0.25) is 0 Å². The molecular formula is C21H22N2O2S. The summed E-state index contributed by atoms with van der Waals surface area (Å²) in [5.74, 6) is 0.789. The maximum Gasteiger partial charge on any atom is 0.266 e. The van der Waals surface area contributed by atoms with Crippen molar-refractivity contribution in [3.8, 4) is 5.75 Å². The van der Waals surface area contributed by atoms with E-state index < -0.39 is 0 Å². The largest absolute Gasteiger partial charge is 0.494 e. The van der Waals surface area contributed by atoms with Crippen molar-refractivity contribution >= 4 is 34.6 Å². The number of amidine groups is 1. The van der Waals surface area contributed by atoms with Gasteiger partial charge in [0.15, 0.2) is 5.17 Å². The maximum atomic E-state index is 12.5. The molecule has 0 aliphatic carbocycles. The second-order valence-electron chi connectivity index (χ2n) is 5.98. The molecule has 0 spiro atoms. The summed E-state index contributed by atoms with van der Waals surface area (Å²) in [4.78, 5) is 19.3. The lowest BCUT2D eigenvalue weighted by Gasteiger charge is -2.07. The van der Waals surface area contributed by atoms with Gasteiger partial charge >= 0.3 is 0 Å². The third-order valence-electron chi connectivity index (χ3n) is 3.91. The quantitative estimate of drug-likeness (QED) is 0.528. The molecule has 0 N–H and O–H groups in total. The van der Waals surface area contributed by atoms with Crippen LogP contribution in [0.3, 0.4) is 0 Å². The molecule has 1 heterocycles. The van der Waals surface area contributed by atoms with Crippen LogP contribution in [0.15, 0.2) is 64.5 Å². The molecule has 134 valence electrons. The van der Waals surface area contributed by atoms with Crippen LogP contribution in [0.2, 0.25) is 0 Å². The molecule has 26 heavy (non-hydrogen) atoms. The predicted molar refractivity (Wildman–Crippen MR) is 109 cm³/mol. The summed E-state index contributed by atoms with van der Waals surface area (Å²) >= 11 is 1.39. The first-order valence-electron chi connectivity index (χ1n) is 8.71.